The molecule has 2 aliphatic heterocycles. The number of hydrogen-bond acceptors (Lipinski definition) is 4. The molecule has 0 amide bonds. The van der Waals surface area contributed by atoms with Crippen LogP contribution < -0.4 is 0 Å². The van der Waals surface area contributed by atoms with Crippen LogP contribution in [0.3, 0.4) is 0 Å². The van der Waals surface area contributed by atoms with Gasteiger partial charge in [-0.25, -0.2) is 0 Å². The zero-order valence-electron chi connectivity index (χ0n) is 14.1. The summed E-state index contributed by atoms with van der Waals surface area (Å²) in [5, 5.41) is 0. The number of nitrogens with zero attached hydrogens (tertiary/aromatic N) is 1. The molecule has 0 spiro atoms. The zero-order chi connectivity index (χ0) is 15.1. The fourth-order valence-corrected chi connectivity index (χ4v) is 4.48. The van der Waals surface area contributed by atoms with Crippen molar-refractivity contribution >= 4 is 10.5 Å². The summed E-state index contributed by atoms with van der Waals surface area (Å²) in [5.41, 5.74) is 0.116. The van der Waals surface area contributed by atoms with Gasteiger partial charge in [-0.2, -0.15) is 0 Å². The second-order valence-corrected chi connectivity index (χ2v) is 6.78. The van der Waals surface area contributed by atoms with Crippen molar-refractivity contribution in [3.63, 3.8) is 0 Å². The Labute approximate surface area is 133 Å². The molecule has 2 saturated heterocycles. The van der Waals surface area contributed by atoms with Crippen LogP contribution in [0.15, 0.2) is 0 Å². The van der Waals surface area contributed by atoms with E-state index in [4.69, 9.17) is 13.9 Å². The summed E-state index contributed by atoms with van der Waals surface area (Å²) in [6.07, 6.45) is 9.80. The Kier molecular flexibility index (Phi) is 7.15. The van der Waals surface area contributed by atoms with E-state index in [9.17, 15) is 0 Å². The first-order valence-corrected chi connectivity index (χ1v) is 9.60. The lowest BCUT2D eigenvalue weighted by molar-refractivity contribution is -0.118. The molecule has 2 unspecified atom stereocenters. The zero-order valence-corrected chi connectivity index (χ0v) is 16.1. The second kappa shape index (κ2) is 8.63. The molecule has 0 bridgehead atoms. The van der Waals surface area contributed by atoms with E-state index in [0.717, 1.165) is 62.3 Å². The van der Waals surface area contributed by atoms with Gasteiger partial charge in [0.15, 0.2) is 0 Å². The van der Waals surface area contributed by atoms with Gasteiger partial charge in [-0.15, -0.1) is 0 Å². The third-order valence-electron chi connectivity index (χ3n) is 5.32. The Bertz CT molecular complexity index is 263. The topological polar surface area (TPSA) is 30.9 Å². The molecule has 2 heterocycles. The lowest BCUT2D eigenvalue weighted by Crippen LogP contribution is -2.44. The van der Waals surface area contributed by atoms with Gasteiger partial charge >= 0.3 is 0 Å². The normalized spacial score (nSPS) is 27.0. The molecule has 0 aliphatic carbocycles. The van der Waals surface area contributed by atoms with E-state index in [2.05, 4.69) is 18.7 Å². The molecule has 2 fully saturated rings. The number of ether oxygens (including phenoxy) is 2. The molecule has 4 nitrogen and oxygen atoms in total. The summed E-state index contributed by atoms with van der Waals surface area (Å²) < 4.78 is 17.7. The maximum absolute atomic E-state index is 5.93. The monoisotopic (exact) mass is 315 g/mol. The molecule has 5 heteroatoms. The van der Waals surface area contributed by atoms with Crippen molar-refractivity contribution in [2.45, 2.75) is 83.3 Å². The van der Waals surface area contributed by atoms with Gasteiger partial charge < -0.3 is 13.9 Å². The van der Waals surface area contributed by atoms with E-state index in [1.54, 1.807) is 0 Å². The highest BCUT2D eigenvalue weighted by atomic mass is 28.2. The molecule has 21 heavy (non-hydrogen) atoms. The maximum Gasteiger partial charge on any atom is 0.146 e. The first-order valence-electron chi connectivity index (χ1n) is 8.79. The molecular weight excluding hydrogens is 282 g/mol. The summed E-state index contributed by atoms with van der Waals surface area (Å²) >= 11 is 0. The van der Waals surface area contributed by atoms with Gasteiger partial charge in [0.25, 0.3) is 0 Å². The average Bonchev–Trinajstić information content (AvgIpc) is 3.22. The van der Waals surface area contributed by atoms with E-state index in [-0.39, 0.29) is 18.1 Å². The molecule has 2 rings (SSSR count). The standard InChI is InChI=1S/C16H33NO3Si/c1-3-16(4-2,20-21)10-7-11-17(14-8-5-12-18-14)15-9-6-13-19-15/h14-15H,3-13H2,1-2,21H3. The Morgan fingerprint density at radius 1 is 1.10 bits per heavy atom. The van der Waals surface area contributed by atoms with Crippen molar-refractivity contribution < 1.29 is 13.9 Å². The van der Waals surface area contributed by atoms with Crippen LogP contribution in [0.1, 0.15) is 65.2 Å². The van der Waals surface area contributed by atoms with Crippen molar-refractivity contribution in [2.75, 3.05) is 19.8 Å². The van der Waals surface area contributed by atoms with Crippen LogP contribution in [0.25, 0.3) is 0 Å². The van der Waals surface area contributed by atoms with Crippen LogP contribution in [-0.2, 0) is 13.9 Å². The lowest BCUT2D eigenvalue weighted by Gasteiger charge is -2.35. The predicted molar refractivity (Wildman–Crippen MR) is 88.2 cm³/mol. The molecular formula is C16H33NO3Si. The smallest absolute Gasteiger partial charge is 0.146 e. The largest absolute Gasteiger partial charge is 0.422 e. The van der Waals surface area contributed by atoms with Crippen LogP contribution in [0.4, 0.5) is 0 Å². The molecule has 2 aliphatic rings. The molecule has 0 aromatic rings. The van der Waals surface area contributed by atoms with Gasteiger partial charge in [0.1, 0.15) is 22.9 Å². The molecule has 0 N–H and O–H groups in total. The Balaban J connectivity index is 1.86. The third-order valence-corrected chi connectivity index (χ3v) is 6.19. The van der Waals surface area contributed by atoms with Gasteiger partial charge in [0.05, 0.1) is 5.60 Å². The highest BCUT2D eigenvalue weighted by Gasteiger charge is 2.32. The van der Waals surface area contributed by atoms with Crippen LogP contribution >= 0.6 is 0 Å². The van der Waals surface area contributed by atoms with E-state index in [1.165, 1.54) is 19.3 Å². The minimum Gasteiger partial charge on any atom is -0.422 e. The second-order valence-electron chi connectivity index (χ2n) is 6.37. The van der Waals surface area contributed by atoms with Gasteiger partial charge in [-0.05, 0) is 51.4 Å². The summed E-state index contributed by atoms with van der Waals surface area (Å²) in [7, 11) is 0.831. The fourth-order valence-electron chi connectivity index (χ4n) is 3.70. The van der Waals surface area contributed by atoms with Crippen molar-refractivity contribution in [1.82, 2.24) is 4.90 Å². The van der Waals surface area contributed by atoms with Crippen molar-refractivity contribution in [1.29, 1.82) is 0 Å². The SMILES string of the molecule is CCC(CC)(CCCN(C1CCCO1)C1CCCO1)O[SiH3]. The van der Waals surface area contributed by atoms with E-state index in [0.29, 0.717) is 0 Å². The lowest BCUT2D eigenvalue weighted by atomic mass is 9.92. The Morgan fingerprint density at radius 3 is 2.05 bits per heavy atom. The molecule has 0 aromatic heterocycles. The quantitative estimate of drug-likeness (QED) is 0.610. The fraction of sp³-hybridized carbons (Fsp3) is 1.00. The molecule has 0 saturated carbocycles. The summed E-state index contributed by atoms with van der Waals surface area (Å²) in [4.78, 5) is 2.48. The third kappa shape index (κ3) is 4.52. The maximum atomic E-state index is 5.93. The summed E-state index contributed by atoms with van der Waals surface area (Å²) in [6.45, 7) is 7.39. The average molecular weight is 316 g/mol. The minimum absolute atomic E-state index is 0.116. The summed E-state index contributed by atoms with van der Waals surface area (Å²) in [6, 6.07) is 0. The minimum atomic E-state index is 0.116. The van der Waals surface area contributed by atoms with Crippen molar-refractivity contribution in [3.8, 4) is 0 Å². The number of hydrogen-bond donors (Lipinski definition) is 0. The van der Waals surface area contributed by atoms with E-state index in [1.807, 2.05) is 0 Å². The Morgan fingerprint density at radius 2 is 1.67 bits per heavy atom. The van der Waals surface area contributed by atoms with Crippen LogP contribution in [0.2, 0.25) is 0 Å². The molecule has 2 atom stereocenters. The highest BCUT2D eigenvalue weighted by Crippen LogP contribution is 2.28. The first-order chi connectivity index (χ1) is 10.2. The first kappa shape index (κ1) is 17.4. The summed E-state index contributed by atoms with van der Waals surface area (Å²) in [5.74, 6) is 0. The highest BCUT2D eigenvalue weighted by molar-refractivity contribution is 5.98. The number of rotatable bonds is 9. The van der Waals surface area contributed by atoms with Crippen molar-refractivity contribution in [3.05, 3.63) is 0 Å². The molecule has 0 radical (unpaired) electrons. The Hall–Kier alpha value is 0.0569. The van der Waals surface area contributed by atoms with Crippen LogP contribution in [0, 0.1) is 0 Å². The van der Waals surface area contributed by atoms with E-state index < -0.39 is 0 Å². The van der Waals surface area contributed by atoms with Crippen LogP contribution in [-0.4, -0.2) is 53.2 Å². The van der Waals surface area contributed by atoms with Gasteiger partial charge in [0, 0.05) is 19.8 Å². The van der Waals surface area contributed by atoms with Gasteiger partial charge in [-0.3, -0.25) is 4.90 Å². The van der Waals surface area contributed by atoms with Gasteiger partial charge in [-0.1, -0.05) is 13.8 Å². The molecule has 0 aromatic carbocycles. The van der Waals surface area contributed by atoms with Crippen LogP contribution in [0.5, 0.6) is 0 Å². The molecule has 124 valence electrons. The van der Waals surface area contributed by atoms with E-state index >= 15 is 0 Å². The van der Waals surface area contributed by atoms with Crippen molar-refractivity contribution in [2.24, 2.45) is 0 Å². The predicted octanol–water partition coefficient (Wildman–Crippen LogP) is 2.20. The van der Waals surface area contributed by atoms with Gasteiger partial charge in [0.2, 0.25) is 0 Å².